The smallest absolute Gasteiger partial charge is 0.344 e. The predicted octanol–water partition coefficient (Wildman–Crippen LogP) is 1.64. The maximum atomic E-state index is 12.9. The molecule has 1 aliphatic rings. The van der Waals surface area contributed by atoms with Crippen molar-refractivity contribution in [2.24, 2.45) is 0 Å². The summed E-state index contributed by atoms with van der Waals surface area (Å²) in [6.45, 7) is 1.09. The summed E-state index contributed by atoms with van der Waals surface area (Å²) in [5.41, 5.74) is 1.90. The Bertz CT molecular complexity index is 1460. The third-order valence-corrected chi connectivity index (χ3v) is 5.44. The quantitative estimate of drug-likeness (QED) is 0.473. The van der Waals surface area contributed by atoms with Crippen molar-refractivity contribution in [1.29, 1.82) is 0 Å². The molecule has 0 saturated carbocycles. The minimum Gasteiger partial charge on any atom is -0.448 e. The first-order valence-electron chi connectivity index (χ1n) is 9.77. The summed E-state index contributed by atoms with van der Waals surface area (Å²) in [7, 11) is 0. The van der Waals surface area contributed by atoms with E-state index in [0.717, 1.165) is 4.57 Å². The lowest BCUT2D eigenvalue weighted by molar-refractivity contribution is -0.139. The summed E-state index contributed by atoms with van der Waals surface area (Å²) in [6, 6.07) is 15.0. The monoisotopic (exact) mass is 431 g/mol. The Morgan fingerprint density at radius 2 is 1.81 bits per heavy atom. The molecular weight excluding hydrogens is 414 g/mol. The van der Waals surface area contributed by atoms with Gasteiger partial charge in [0.15, 0.2) is 0 Å². The van der Waals surface area contributed by atoms with E-state index in [1.807, 2.05) is 0 Å². The molecule has 2 N–H and O–H groups in total. The van der Waals surface area contributed by atoms with Crippen molar-refractivity contribution in [3.05, 3.63) is 76.8 Å². The van der Waals surface area contributed by atoms with Crippen LogP contribution in [-0.2, 0) is 21.7 Å². The van der Waals surface area contributed by atoms with E-state index >= 15 is 0 Å². The van der Waals surface area contributed by atoms with Crippen molar-refractivity contribution in [2.75, 3.05) is 0 Å². The zero-order valence-electron chi connectivity index (χ0n) is 16.9. The molecule has 160 valence electrons. The number of para-hydroxylation sites is 1. The van der Waals surface area contributed by atoms with Crippen LogP contribution in [-0.4, -0.2) is 32.4 Å². The zero-order valence-corrected chi connectivity index (χ0v) is 16.9. The molecule has 0 bridgehead atoms. The number of hydrogen-bond acceptors (Lipinski definition) is 6. The number of rotatable bonds is 4. The van der Waals surface area contributed by atoms with Crippen LogP contribution < -0.4 is 16.3 Å². The second-order valence-electron chi connectivity index (χ2n) is 7.55. The van der Waals surface area contributed by atoms with Gasteiger partial charge in [-0.15, -0.1) is 0 Å². The Labute approximate surface area is 180 Å². The first-order chi connectivity index (χ1) is 15.4. The van der Waals surface area contributed by atoms with Gasteiger partial charge in [-0.2, -0.15) is 5.01 Å². The summed E-state index contributed by atoms with van der Waals surface area (Å²) in [5, 5.41) is 3.90. The highest BCUT2D eigenvalue weighted by atomic mass is 16.3. The van der Waals surface area contributed by atoms with Gasteiger partial charge in [0.25, 0.3) is 17.4 Å². The van der Waals surface area contributed by atoms with Gasteiger partial charge in [-0.05, 0) is 24.6 Å². The molecule has 0 aliphatic carbocycles. The van der Waals surface area contributed by atoms with Crippen LogP contribution in [0.1, 0.15) is 12.5 Å². The largest absolute Gasteiger partial charge is 0.448 e. The van der Waals surface area contributed by atoms with Gasteiger partial charge < -0.3 is 9.73 Å². The number of urea groups is 1. The molecule has 2 aromatic carbocycles. The summed E-state index contributed by atoms with van der Waals surface area (Å²) in [4.78, 5) is 54.9. The number of benzene rings is 2. The Morgan fingerprint density at radius 3 is 2.59 bits per heavy atom. The highest BCUT2D eigenvalue weighted by Crippen LogP contribution is 2.27. The molecule has 10 heteroatoms. The molecule has 4 aromatic rings. The molecule has 0 radical (unpaired) electrons. The minimum atomic E-state index is -1.32. The van der Waals surface area contributed by atoms with Crippen LogP contribution in [0.4, 0.5) is 4.79 Å². The molecule has 4 amide bonds. The van der Waals surface area contributed by atoms with Crippen LogP contribution in [0.2, 0.25) is 0 Å². The fraction of sp³-hybridized carbons (Fsp3) is 0.136. The van der Waals surface area contributed by atoms with Crippen LogP contribution in [0.25, 0.3) is 22.1 Å². The lowest BCUT2D eigenvalue weighted by atomic mass is 9.92. The summed E-state index contributed by atoms with van der Waals surface area (Å²) >= 11 is 0. The normalized spacial score (nSPS) is 18.3. The number of nitrogens with zero attached hydrogens (tertiary/aromatic N) is 3. The number of aromatic nitrogens is 2. The van der Waals surface area contributed by atoms with E-state index in [4.69, 9.17) is 4.42 Å². The van der Waals surface area contributed by atoms with E-state index in [2.05, 4.69) is 15.7 Å². The van der Waals surface area contributed by atoms with Gasteiger partial charge in [0.05, 0.1) is 6.33 Å². The molecule has 3 heterocycles. The standard InChI is InChI=1S/C22H17N5O5/c1-22(13-7-3-2-4-8-13)20(30)27(21(31)24-22)25-16(28)11-26-12-23-17-14-9-5-6-10-15(14)32-18(17)19(26)29/h2-10,12H,11H2,1H3,(H,24,31)(H,25,28). The van der Waals surface area contributed by atoms with Gasteiger partial charge in [-0.1, -0.05) is 42.5 Å². The van der Waals surface area contributed by atoms with Crippen LogP contribution in [0, 0.1) is 0 Å². The van der Waals surface area contributed by atoms with Crippen molar-refractivity contribution in [3.63, 3.8) is 0 Å². The second-order valence-corrected chi connectivity index (χ2v) is 7.55. The lowest BCUT2D eigenvalue weighted by Gasteiger charge is -2.22. The molecule has 2 aromatic heterocycles. The molecule has 1 saturated heterocycles. The summed E-state index contributed by atoms with van der Waals surface area (Å²) < 4.78 is 6.64. The molecule has 32 heavy (non-hydrogen) atoms. The topological polar surface area (TPSA) is 127 Å². The van der Waals surface area contributed by atoms with Crippen LogP contribution >= 0.6 is 0 Å². The fourth-order valence-corrected chi connectivity index (χ4v) is 3.75. The number of amides is 4. The number of fused-ring (bicyclic) bond motifs is 3. The van der Waals surface area contributed by atoms with Crippen molar-refractivity contribution in [3.8, 4) is 0 Å². The fourth-order valence-electron chi connectivity index (χ4n) is 3.75. The number of carbonyl (C=O) groups excluding carboxylic acids is 3. The van der Waals surface area contributed by atoms with E-state index in [1.165, 1.54) is 6.33 Å². The van der Waals surface area contributed by atoms with Gasteiger partial charge in [0.2, 0.25) is 5.58 Å². The van der Waals surface area contributed by atoms with Gasteiger partial charge in [0, 0.05) is 5.39 Å². The first kappa shape index (κ1) is 19.5. The number of nitrogens with one attached hydrogen (secondary N) is 2. The van der Waals surface area contributed by atoms with E-state index in [9.17, 15) is 19.2 Å². The Hall–Kier alpha value is -4.47. The van der Waals surface area contributed by atoms with E-state index < -0.39 is 35.5 Å². The number of furan rings is 1. The number of imide groups is 1. The maximum Gasteiger partial charge on any atom is 0.344 e. The van der Waals surface area contributed by atoms with Crippen molar-refractivity contribution in [2.45, 2.75) is 19.0 Å². The molecule has 1 aliphatic heterocycles. The van der Waals surface area contributed by atoms with Gasteiger partial charge in [-0.3, -0.25) is 24.4 Å². The molecule has 1 atom stereocenters. The van der Waals surface area contributed by atoms with Crippen LogP contribution in [0.5, 0.6) is 0 Å². The van der Waals surface area contributed by atoms with E-state index in [1.54, 1.807) is 61.5 Å². The average molecular weight is 431 g/mol. The number of hydrazine groups is 1. The lowest BCUT2D eigenvalue weighted by Crippen LogP contribution is -2.49. The summed E-state index contributed by atoms with van der Waals surface area (Å²) in [5.74, 6) is -1.38. The van der Waals surface area contributed by atoms with Gasteiger partial charge in [-0.25, -0.2) is 9.78 Å². The predicted molar refractivity (Wildman–Crippen MR) is 113 cm³/mol. The number of carbonyl (C=O) groups is 3. The van der Waals surface area contributed by atoms with Crippen molar-refractivity contribution < 1.29 is 18.8 Å². The molecule has 5 rings (SSSR count). The van der Waals surface area contributed by atoms with Gasteiger partial charge in [0.1, 0.15) is 23.2 Å². The molecule has 0 spiro atoms. The van der Waals surface area contributed by atoms with Gasteiger partial charge >= 0.3 is 6.03 Å². The Morgan fingerprint density at radius 1 is 1.09 bits per heavy atom. The minimum absolute atomic E-state index is 0.0214. The highest BCUT2D eigenvalue weighted by molar-refractivity contribution is 6.08. The van der Waals surface area contributed by atoms with Crippen molar-refractivity contribution >= 4 is 39.9 Å². The van der Waals surface area contributed by atoms with E-state index in [-0.39, 0.29) is 5.58 Å². The maximum absolute atomic E-state index is 12.9. The molecular formula is C22H17N5O5. The Kier molecular flexibility index (Phi) is 4.29. The van der Waals surface area contributed by atoms with E-state index in [0.29, 0.717) is 27.1 Å². The van der Waals surface area contributed by atoms with Crippen LogP contribution in [0.15, 0.2) is 70.1 Å². The third-order valence-electron chi connectivity index (χ3n) is 5.44. The zero-order chi connectivity index (χ0) is 22.5. The second kappa shape index (κ2) is 7.05. The third kappa shape index (κ3) is 2.92. The molecule has 1 unspecified atom stereocenters. The molecule has 10 nitrogen and oxygen atoms in total. The SMILES string of the molecule is CC1(c2ccccc2)NC(=O)N(NC(=O)Cn2cnc3c(oc4ccccc43)c2=O)C1=O. The summed E-state index contributed by atoms with van der Waals surface area (Å²) in [6.07, 6.45) is 1.23. The molecule has 1 fully saturated rings. The average Bonchev–Trinajstić information content (AvgIpc) is 3.28. The Balaban J connectivity index is 1.38. The van der Waals surface area contributed by atoms with Crippen LogP contribution in [0.3, 0.4) is 0 Å². The van der Waals surface area contributed by atoms with Crippen molar-refractivity contribution in [1.82, 2.24) is 25.3 Å². The highest BCUT2D eigenvalue weighted by Gasteiger charge is 2.49. The first-order valence-corrected chi connectivity index (χ1v) is 9.77. The number of hydrogen-bond donors (Lipinski definition) is 2.